The first kappa shape index (κ1) is 13.9. The van der Waals surface area contributed by atoms with Gasteiger partial charge in [-0.05, 0) is 56.3 Å². The van der Waals surface area contributed by atoms with Gasteiger partial charge in [-0.25, -0.2) is 0 Å². The number of rotatable bonds is 9. The molecule has 1 aliphatic carbocycles. The molecule has 0 spiro atoms. The summed E-state index contributed by atoms with van der Waals surface area (Å²) in [5.74, 6) is 1.56. The summed E-state index contributed by atoms with van der Waals surface area (Å²) in [6.45, 7) is 5.17. The number of benzene rings is 1. The van der Waals surface area contributed by atoms with Gasteiger partial charge in [0, 0.05) is 31.4 Å². The Bertz CT molecular complexity index is 417. The molecule has 1 fully saturated rings. The van der Waals surface area contributed by atoms with Crippen LogP contribution in [-0.4, -0.2) is 32.8 Å². The average Bonchev–Trinajstić information content (AvgIpc) is 3.22. The summed E-state index contributed by atoms with van der Waals surface area (Å²) < 4.78 is 5.63. The maximum Gasteiger partial charge on any atom is 0.0494 e. The Morgan fingerprint density at radius 2 is 2.10 bits per heavy atom. The molecule has 0 aromatic heterocycles. The number of ether oxygens (including phenoxy) is 1. The summed E-state index contributed by atoms with van der Waals surface area (Å²) in [6.07, 6.45) is 5.11. The first-order valence-electron chi connectivity index (χ1n) is 8.05. The predicted octanol–water partition coefficient (Wildman–Crippen LogP) is 2.99. The molecule has 110 valence electrons. The fraction of sp³-hybridized carbons (Fsp3) is 0.647. The van der Waals surface area contributed by atoms with Crippen molar-refractivity contribution in [3.05, 3.63) is 29.8 Å². The molecule has 1 aliphatic heterocycles. The van der Waals surface area contributed by atoms with Crippen LogP contribution in [0.3, 0.4) is 0 Å². The summed E-state index contributed by atoms with van der Waals surface area (Å²) in [4.78, 5) is 0. The van der Waals surface area contributed by atoms with Gasteiger partial charge in [0.15, 0.2) is 0 Å². The highest BCUT2D eigenvalue weighted by Crippen LogP contribution is 2.32. The quantitative estimate of drug-likeness (QED) is 0.679. The van der Waals surface area contributed by atoms with Crippen molar-refractivity contribution in [1.29, 1.82) is 0 Å². The van der Waals surface area contributed by atoms with Crippen LogP contribution >= 0.6 is 0 Å². The van der Waals surface area contributed by atoms with Crippen LogP contribution in [-0.2, 0) is 4.74 Å². The van der Waals surface area contributed by atoms with Crippen molar-refractivity contribution in [3.63, 3.8) is 0 Å². The molecule has 3 nitrogen and oxygen atoms in total. The number of anilines is 1. The number of para-hydroxylation sites is 1. The topological polar surface area (TPSA) is 33.3 Å². The van der Waals surface area contributed by atoms with Gasteiger partial charge in [-0.15, -0.1) is 0 Å². The van der Waals surface area contributed by atoms with Crippen LogP contribution in [0.5, 0.6) is 0 Å². The van der Waals surface area contributed by atoms with Crippen LogP contribution in [0.1, 0.15) is 37.2 Å². The summed E-state index contributed by atoms with van der Waals surface area (Å²) in [5, 5.41) is 7.03. The van der Waals surface area contributed by atoms with E-state index >= 15 is 0 Å². The molecule has 3 rings (SSSR count). The second-order valence-electron chi connectivity index (χ2n) is 6.08. The number of hydrogen-bond acceptors (Lipinski definition) is 3. The Morgan fingerprint density at radius 1 is 1.20 bits per heavy atom. The third-order valence-corrected chi connectivity index (χ3v) is 4.30. The van der Waals surface area contributed by atoms with Gasteiger partial charge in [0.25, 0.3) is 0 Å². The lowest BCUT2D eigenvalue weighted by Gasteiger charge is -2.11. The summed E-state index contributed by atoms with van der Waals surface area (Å²) in [5.41, 5.74) is 2.81. The van der Waals surface area contributed by atoms with Crippen LogP contribution in [0.15, 0.2) is 24.3 Å². The Labute approximate surface area is 122 Å². The molecule has 0 amide bonds. The fourth-order valence-electron chi connectivity index (χ4n) is 2.85. The van der Waals surface area contributed by atoms with Gasteiger partial charge >= 0.3 is 0 Å². The summed E-state index contributed by atoms with van der Waals surface area (Å²) >= 11 is 0. The molecule has 0 radical (unpaired) electrons. The normalized spacial score (nSPS) is 20.7. The third-order valence-electron chi connectivity index (χ3n) is 4.30. The van der Waals surface area contributed by atoms with E-state index in [1.807, 2.05) is 0 Å². The van der Waals surface area contributed by atoms with E-state index in [0.717, 1.165) is 45.2 Å². The summed E-state index contributed by atoms with van der Waals surface area (Å²) in [6, 6.07) is 8.68. The highest BCUT2D eigenvalue weighted by atomic mass is 16.5. The van der Waals surface area contributed by atoms with E-state index in [2.05, 4.69) is 34.9 Å². The van der Waals surface area contributed by atoms with Gasteiger partial charge in [-0.3, -0.25) is 0 Å². The molecule has 2 N–H and O–H groups in total. The summed E-state index contributed by atoms with van der Waals surface area (Å²) in [7, 11) is 0. The van der Waals surface area contributed by atoms with E-state index in [0.29, 0.717) is 5.92 Å². The molecule has 1 aromatic carbocycles. The SMILES string of the molecule is c1ccc2c(c1)NCC2CCNCCCOCC1CC1. The zero-order chi connectivity index (χ0) is 13.6. The van der Waals surface area contributed by atoms with Gasteiger partial charge in [0.1, 0.15) is 0 Å². The van der Waals surface area contributed by atoms with Crippen LogP contribution in [0.4, 0.5) is 5.69 Å². The van der Waals surface area contributed by atoms with Crippen LogP contribution in [0.25, 0.3) is 0 Å². The standard InChI is InChI=1S/C17H26N2O/c1-2-5-17-16(4-1)15(12-19-17)8-10-18-9-3-11-20-13-14-6-7-14/h1-2,4-5,14-15,18-19H,3,6-13H2. The lowest BCUT2D eigenvalue weighted by atomic mass is 9.98. The van der Waals surface area contributed by atoms with E-state index in [9.17, 15) is 0 Å². The van der Waals surface area contributed by atoms with E-state index in [1.54, 1.807) is 0 Å². The lowest BCUT2D eigenvalue weighted by molar-refractivity contribution is 0.122. The van der Waals surface area contributed by atoms with Gasteiger partial charge < -0.3 is 15.4 Å². The molecule has 2 aliphatic rings. The minimum Gasteiger partial charge on any atom is -0.384 e. The second-order valence-corrected chi connectivity index (χ2v) is 6.08. The van der Waals surface area contributed by atoms with Gasteiger partial charge in [-0.2, -0.15) is 0 Å². The second kappa shape index (κ2) is 7.09. The van der Waals surface area contributed by atoms with E-state index in [-0.39, 0.29) is 0 Å². The molecule has 20 heavy (non-hydrogen) atoms. The zero-order valence-corrected chi connectivity index (χ0v) is 12.2. The van der Waals surface area contributed by atoms with E-state index in [1.165, 1.54) is 30.5 Å². The molecule has 1 aromatic rings. The van der Waals surface area contributed by atoms with Crippen LogP contribution in [0, 0.1) is 5.92 Å². The molecular formula is C17H26N2O. The molecule has 1 saturated carbocycles. The largest absolute Gasteiger partial charge is 0.384 e. The van der Waals surface area contributed by atoms with Gasteiger partial charge in [-0.1, -0.05) is 18.2 Å². The smallest absolute Gasteiger partial charge is 0.0494 e. The van der Waals surface area contributed by atoms with E-state index < -0.39 is 0 Å². The minimum atomic E-state index is 0.671. The minimum absolute atomic E-state index is 0.671. The van der Waals surface area contributed by atoms with Gasteiger partial charge in [0.2, 0.25) is 0 Å². The number of fused-ring (bicyclic) bond motifs is 1. The molecular weight excluding hydrogens is 248 g/mol. The molecule has 1 atom stereocenters. The van der Waals surface area contributed by atoms with Crippen LogP contribution in [0.2, 0.25) is 0 Å². The molecule has 0 saturated heterocycles. The number of nitrogens with one attached hydrogen (secondary N) is 2. The van der Waals surface area contributed by atoms with Crippen molar-refractivity contribution in [3.8, 4) is 0 Å². The molecule has 1 unspecified atom stereocenters. The lowest BCUT2D eigenvalue weighted by Crippen LogP contribution is -2.20. The Kier molecular flexibility index (Phi) is 4.93. The Morgan fingerprint density at radius 3 is 3.00 bits per heavy atom. The van der Waals surface area contributed by atoms with E-state index in [4.69, 9.17) is 4.74 Å². The number of hydrogen-bond donors (Lipinski definition) is 2. The predicted molar refractivity (Wildman–Crippen MR) is 83.3 cm³/mol. The van der Waals surface area contributed by atoms with Gasteiger partial charge in [0.05, 0.1) is 0 Å². The highest BCUT2D eigenvalue weighted by molar-refractivity contribution is 5.57. The maximum atomic E-state index is 5.63. The first-order valence-corrected chi connectivity index (χ1v) is 8.05. The van der Waals surface area contributed by atoms with Crippen molar-refractivity contribution in [2.45, 2.75) is 31.6 Å². The van der Waals surface area contributed by atoms with Crippen LogP contribution < -0.4 is 10.6 Å². The molecule has 3 heteroatoms. The maximum absolute atomic E-state index is 5.63. The van der Waals surface area contributed by atoms with Crippen molar-refractivity contribution in [2.24, 2.45) is 5.92 Å². The Hall–Kier alpha value is -1.06. The van der Waals surface area contributed by atoms with Crippen molar-refractivity contribution in [1.82, 2.24) is 5.32 Å². The zero-order valence-electron chi connectivity index (χ0n) is 12.2. The Balaban J connectivity index is 1.23. The highest BCUT2D eigenvalue weighted by Gasteiger charge is 2.21. The average molecular weight is 274 g/mol. The van der Waals surface area contributed by atoms with Crippen molar-refractivity contribution >= 4 is 5.69 Å². The molecule has 0 bridgehead atoms. The van der Waals surface area contributed by atoms with Crippen molar-refractivity contribution < 1.29 is 4.74 Å². The van der Waals surface area contributed by atoms with Crippen molar-refractivity contribution in [2.75, 3.05) is 38.2 Å². The third kappa shape index (κ3) is 3.97. The fourth-order valence-corrected chi connectivity index (χ4v) is 2.85. The first-order chi connectivity index (χ1) is 9.93. The monoisotopic (exact) mass is 274 g/mol. The molecule has 1 heterocycles.